The summed E-state index contributed by atoms with van der Waals surface area (Å²) in [5, 5.41) is 0. The summed E-state index contributed by atoms with van der Waals surface area (Å²) in [6.45, 7) is 1.12. The number of amides is 1. The van der Waals surface area contributed by atoms with E-state index in [1.54, 1.807) is 29.4 Å². The fourth-order valence-corrected chi connectivity index (χ4v) is 2.80. The Balaban J connectivity index is 1.71. The number of piperidine rings is 1. The molecule has 1 aliphatic rings. The first-order valence-corrected chi connectivity index (χ1v) is 8.03. The van der Waals surface area contributed by atoms with E-state index in [-0.39, 0.29) is 12.0 Å². The maximum atomic E-state index is 12.8. The van der Waals surface area contributed by atoms with Crippen LogP contribution in [0, 0.1) is 0 Å². The predicted octanol–water partition coefficient (Wildman–Crippen LogP) is 1.57. The molecular weight excluding hydrogens is 324 g/mol. The van der Waals surface area contributed by atoms with Gasteiger partial charge in [0.2, 0.25) is 5.88 Å². The summed E-state index contributed by atoms with van der Waals surface area (Å²) in [6.07, 6.45) is 6.17. The molecule has 25 heavy (non-hydrogen) atoms. The van der Waals surface area contributed by atoms with E-state index in [2.05, 4.69) is 15.0 Å². The van der Waals surface area contributed by atoms with E-state index in [9.17, 15) is 4.79 Å². The molecule has 0 bridgehead atoms. The summed E-state index contributed by atoms with van der Waals surface area (Å²) in [5.74, 6) is 0.874. The number of aromatic nitrogens is 3. The Hall–Kier alpha value is -2.90. The van der Waals surface area contributed by atoms with Crippen molar-refractivity contribution in [3.05, 3.63) is 36.3 Å². The minimum atomic E-state index is -0.175. The Bertz CT molecular complexity index is 740. The van der Waals surface area contributed by atoms with Crippen LogP contribution in [0.2, 0.25) is 0 Å². The zero-order chi connectivity index (χ0) is 17.6. The van der Waals surface area contributed by atoms with Crippen LogP contribution in [-0.2, 0) is 0 Å². The van der Waals surface area contributed by atoms with Crippen molar-refractivity contribution >= 4 is 5.91 Å². The summed E-state index contributed by atoms with van der Waals surface area (Å²) in [7, 11) is 3.02. The number of ether oxygens (including phenoxy) is 3. The van der Waals surface area contributed by atoms with Crippen molar-refractivity contribution in [2.75, 3.05) is 27.3 Å². The molecule has 0 saturated carbocycles. The lowest BCUT2D eigenvalue weighted by Crippen LogP contribution is -2.44. The zero-order valence-electron chi connectivity index (χ0n) is 14.2. The van der Waals surface area contributed by atoms with Crippen LogP contribution in [0.5, 0.6) is 17.6 Å². The number of likely N-dealkylation sites (tertiary alicyclic amines) is 1. The van der Waals surface area contributed by atoms with Crippen molar-refractivity contribution in [3.63, 3.8) is 0 Å². The van der Waals surface area contributed by atoms with Crippen LogP contribution < -0.4 is 14.2 Å². The Kier molecular flexibility index (Phi) is 5.27. The summed E-state index contributed by atoms with van der Waals surface area (Å²) in [4.78, 5) is 26.9. The van der Waals surface area contributed by atoms with Gasteiger partial charge in [0, 0.05) is 25.1 Å². The van der Waals surface area contributed by atoms with Crippen LogP contribution in [0.15, 0.2) is 30.7 Å². The van der Waals surface area contributed by atoms with E-state index in [4.69, 9.17) is 14.2 Å². The van der Waals surface area contributed by atoms with Crippen LogP contribution in [0.1, 0.15) is 23.2 Å². The topological polar surface area (TPSA) is 86.7 Å². The van der Waals surface area contributed by atoms with Crippen molar-refractivity contribution in [3.8, 4) is 17.6 Å². The quantitative estimate of drug-likeness (QED) is 0.813. The molecule has 1 aliphatic heterocycles. The summed E-state index contributed by atoms with van der Waals surface area (Å²) in [5.41, 5.74) is 0.447. The lowest BCUT2D eigenvalue weighted by atomic mass is 10.1. The SMILES string of the molecule is COc1ncccc1C(=O)N1CCCC(Oc2nccnc2OC)C1. The number of hydrogen-bond donors (Lipinski definition) is 0. The van der Waals surface area contributed by atoms with Crippen molar-refractivity contribution < 1.29 is 19.0 Å². The molecule has 8 nitrogen and oxygen atoms in total. The molecule has 8 heteroatoms. The predicted molar refractivity (Wildman–Crippen MR) is 88.9 cm³/mol. The van der Waals surface area contributed by atoms with Gasteiger partial charge in [-0.2, -0.15) is 0 Å². The minimum Gasteiger partial charge on any atom is -0.480 e. The molecular formula is C17H20N4O4. The van der Waals surface area contributed by atoms with Crippen LogP contribution in [-0.4, -0.2) is 59.2 Å². The Morgan fingerprint density at radius 3 is 2.56 bits per heavy atom. The van der Waals surface area contributed by atoms with Gasteiger partial charge in [0.1, 0.15) is 11.7 Å². The van der Waals surface area contributed by atoms with Gasteiger partial charge in [-0.05, 0) is 25.0 Å². The van der Waals surface area contributed by atoms with Crippen LogP contribution in [0.25, 0.3) is 0 Å². The van der Waals surface area contributed by atoms with Gasteiger partial charge >= 0.3 is 0 Å². The second-order valence-electron chi connectivity index (χ2n) is 5.56. The number of pyridine rings is 1. The highest BCUT2D eigenvalue weighted by molar-refractivity contribution is 5.96. The summed E-state index contributed by atoms with van der Waals surface area (Å²) in [6, 6.07) is 3.43. The zero-order valence-corrected chi connectivity index (χ0v) is 14.2. The fraction of sp³-hybridized carbons (Fsp3) is 0.412. The average molecular weight is 344 g/mol. The second-order valence-corrected chi connectivity index (χ2v) is 5.56. The molecule has 3 rings (SSSR count). The number of carbonyl (C=O) groups is 1. The van der Waals surface area contributed by atoms with Gasteiger partial charge in [-0.15, -0.1) is 0 Å². The highest BCUT2D eigenvalue weighted by Gasteiger charge is 2.28. The summed E-state index contributed by atoms with van der Waals surface area (Å²) >= 11 is 0. The van der Waals surface area contributed by atoms with Crippen LogP contribution in [0.4, 0.5) is 0 Å². The number of nitrogens with zero attached hydrogens (tertiary/aromatic N) is 4. The first-order valence-electron chi connectivity index (χ1n) is 8.03. The second kappa shape index (κ2) is 7.78. The maximum absolute atomic E-state index is 12.8. The van der Waals surface area contributed by atoms with E-state index >= 15 is 0 Å². The molecule has 2 aromatic rings. The molecule has 1 saturated heterocycles. The van der Waals surface area contributed by atoms with Gasteiger partial charge < -0.3 is 19.1 Å². The lowest BCUT2D eigenvalue weighted by molar-refractivity contribution is 0.0516. The van der Waals surface area contributed by atoms with Crippen molar-refractivity contribution in [2.24, 2.45) is 0 Å². The largest absolute Gasteiger partial charge is 0.480 e. The van der Waals surface area contributed by atoms with Gasteiger partial charge in [0.25, 0.3) is 17.7 Å². The van der Waals surface area contributed by atoms with E-state index in [0.717, 1.165) is 12.8 Å². The third-order valence-electron chi connectivity index (χ3n) is 3.97. The molecule has 0 aliphatic carbocycles. The Morgan fingerprint density at radius 1 is 1.08 bits per heavy atom. The van der Waals surface area contributed by atoms with Crippen LogP contribution in [0.3, 0.4) is 0 Å². The molecule has 0 aromatic carbocycles. The van der Waals surface area contributed by atoms with Crippen molar-refractivity contribution in [1.82, 2.24) is 19.9 Å². The maximum Gasteiger partial charge on any atom is 0.278 e. The normalized spacial score (nSPS) is 17.0. The average Bonchev–Trinajstić information content (AvgIpc) is 2.68. The highest BCUT2D eigenvalue weighted by atomic mass is 16.5. The number of methoxy groups -OCH3 is 2. The lowest BCUT2D eigenvalue weighted by Gasteiger charge is -2.32. The smallest absolute Gasteiger partial charge is 0.278 e. The molecule has 132 valence electrons. The minimum absolute atomic E-state index is 0.121. The van der Waals surface area contributed by atoms with Gasteiger partial charge in [0.05, 0.1) is 20.8 Å². The Morgan fingerprint density at radius 2 is 1.80 bits per heavy atom. The van der Waals surface area contributed by atoms with Crippen molar-refractivity contribution in [1.29, 1.82) is 0 Å². The molecule has 1 amide bonds. The van der Waals surface area contributed by atoms with Gasteiger partial charge in [0.15, 0.2) is 0 Å². The third kappa shape index (κ3) is 3.78. The Labute approximate surface area is 145 Å². The molecule has 3 heterocycles. The highest BCUT2D eigenvalue weighted by Crippen LogP contribution is 2.25. The molecule has 1 atom stereocenters. The molecule has 1 fully saturated rings. The first kappa shape index (κ1) is 16.9. The number of rotatable bonds is 5. The molecule has 0 spiro atoms. The van der Waals surface area contributed by atoms with Crippen molar-refractivity contribution in [2.45, 2.75) is 18.9 Å². The van der Waals surface area contributed by atoms with Gasteiger partial charge in [-0.1, -0.05) is 0 Å². The van der Waals surface area contributed by atoms with Crippen LogP contribution >= 0.6 is 0 Å². The van der Waals surface area contributed by atoms with Gasteiger partial charge in [-0.3, -0.25) is 4.79 Å². The number of hydrogen-bond acceptors (Lipinski definition) is 7. The van der Waals surface area contributed by atoms with E-state index in [1.807, 2.05) is 0 Å². The summed E-state index contributed by atoms with van der Waals surface area (Å²) < 4.78 is 16.3. The molecule has 0 radical (unpaired) electrons. The fourth-order valence-electron chi connectivity index (χ4n) is 2.80. The van der Waals surface area contributed by atoms with E-state index < -0.39 is 0 Å². The first-order chi connectivity index (χ1) is 12.2. The number of carbonyl (C=O) groups excluding carboxylic acids is 1. The third-order valence-corrected chi connectivity index (χ3v) is 3.97. The van der Waals surface area contributed by atoms with E-state index in [0.29, 0.717) is 36.3 Å². The molecule has 1 unspecified atom stereocenters. The van der Waals surface area contributed by atoms with E-state index in [1.165, 1.54) is 20.4 Å². The standard InChI is InChI=1S/C17H20N4O4/c1-23-14-13(6-3-7-18-14)17(22)21-10-4-5-12(11-21)25-16-15(24-2)19-8-9-20-16/h3,6-9,12H,4-5,10-11H2,1-2H3. The molecule has 0 N–H and O–H groups in total. The van der Waals surface area contributed by atoms with Gasteiger partial charge in [-0.25, -0.2) is 15.0 Å². The monoisotopic (exact) mass is 344 g/mol. The molecule has 2 aromatic heterocycles.